The molecule has 0 saturated carbocycles. The monoisotopic (exact) mass is 233 g/mol. The lowest BCUT2D eigenvalue weighted by molar-refractivity contribution is 0.615. The average Bonchev–Trinajstić information content (AvgIpc) is 2.54. The molecule has 2 heterocycles. The summed E-state index contributed by atoms with van der Waals surface area (Å²) in [4.78, 5) is 6.93. The average molecular weight is 233 g/mol. The van der Waals surface area contributed by atoms with Crippen LogP contribution in [0.3, 0.4) is 0 Å². The van der Waals surface area contributed by atoms with Crippen LogP contribution in [0.5, 0.6) is 0 Å². The zero-order valence-electron chi connectivity index (χ0n) is 10.9. The van der Waals surface area contributed by atoms with E-state index in [1.165, 1.54) is 31.4 Å². The van der Waals surface area contributed by atoms with Gasteiger partial charge in [-0.3, -0.25) is 4.98 Å². The van der Waals surface area contributed by atoms with Crippen molar-refractivity contribution in [2.45, 2.75) is 51.6 Å². The van der Waals surface area contributed by atoms with Gasteiger partial charge in [0.15, 0.2) is 0 Å². The van der Waals surface area contributed by atoms with E-state index in [0.717, 1.165) is 12.2 Å². The third kappa shape index (κ3) is 2.97. The minimum Gasteiger partial charge on any atom is -0.368 e. The molecule has 0 spiro atoms. The highest BCUT2D eigenvalue weighted by Crippen LogP contribution is 2.23. The Labute approximate surface area is 104 Å². The van der Waals surface area contributed by atoms with Crippen molar-refractivity contribution in [3.05, 3.63) is 24.0 Å². The summed E-state index contributed by atoms with van der Waals surface area (Å²) in [6.45, 7) is 5.43. The molecule has 94 valence electrons. The van der Waals surface area contributed by atoms with Gasteiger partial charge in [-0.25, -0.2) is 0 Å². The SMILES string of the molecule is CC1CCCCCN1c1ccc([C@@H](C)N)nc1. The highest BCUT2D eigenvalue weighted by Gasteiger charge is 2.17. The van der Waals surface area contributed by atoms with E-state index in [1.54, 1.807) is 0 Å². The number of hydrogen-bond acceptors (Lipinski definition) is 3. The maximum atomic E-state index is 5.82. The van der Waals surface area contributed by atoms with E-state index in [4.69, 9.17) is 5.73 Å². The van der Waals surface area contributed by atoms with Crippen molar-refractivity contribution in [2.24, 2.45) is 5.73 Å². The number of nitrogens with zero attached hydrogens (tertiary/aromatic N) is 2. The molecule has 1 unspecified atom stereocenters. The summed E-state index contributed by atoms with van der Waals surface area (Å²) in [6, 6.07) is 4.86. The Morgan fingerprint density at radius 1 is 1.35 bits per heavy atom. The number of anilines is 1. The predicted molar refractivity (Wildman–Crippen MR) is 72.1 cm³/mol. The van der Waals surface area contributed by atoms with Gasteiger partial charge in [-0.1, -0.05) is 12.8 Å². The molecule has 0 amide bonds. The number of aromatic nitrogens is 1. The van der Waals surface area contributed by atoms with Gasteiger partial charge in [0.2, 0.25) is 0 Å². The molecule has 0 bridgehead atoms. The van der Waals surface area contributed by atoms with E-state index in [9.17, 15) is 0 Å². The van der Waals surface area contributed by atoms with Crippen LogP contribution in [0, 0.1) is 0 Å². The molecule has 3 nitrogen and oxygen atoms in total. The Morgan fingerprint density at radius 2 is 2.18 bits per heavy atom. The van der Waals surface area contributed by atoms with Gasteiger partial charge in [-0.15, -0.1) is 0 Å². The van der Waals surface area contributed by atoms with Crippen molar-refractivity contribution in [2.75, 3.05) is 11.4 Å². The van der Waals surface area contributed by atoms with Gasteiger partial charge in [0.1, 0.15) is 0 Å². The fraction of sp³-hybridized carbons (Fsp3) is 0.643. The van der Waals surface area contributed by atoms with E-state index in [1.807, 2.05) is 13.1 Å². The third-order valence-electron chi connectivity index (χ3n) is 3.62. The van der Waals surface area contributed by atoms with Gasteiger partial charge in [0.05, 0.1) is 17.6 Å². The van der Waals surface area contributed by atoms with Gasteiger partial charge in [0.25, 0.3) is 0 Å². The second-order valence-corrected chi connectivity index (χ2v) is 5.12. The number of pyridine rings is 1. The van der Waals surface area contributed by atoms with E-state index < -0.39 is 0 Å². The van der Waals surface area contributed by atoms with Crippen molar-refractivity contribution in [1.82, 2.24) is 4.98 Å². The van der Waals surface area contributed by atoms with E-state index >= 15 is 0 Å². The first kappa shape index (κ1) is 12.4. The van der Waals surface area contributed by atoms with E-state index in [2.05, 4.69) is 28.9 Å². The van der Waals surface area contributed by atoms with Crippen LogP contribution < -0.4 is 10.6 Å². The van der Waals surface area contributed by atoms with E-state index in [-0.39, 0.29) is 6.04 Å². The highest BCUT2D eigenvalue weighted by molar-refractivity contribution is 5.45. The van der Waals surface area contributed by atoms with Gasteiger partial charge in [0, 0.05) is 18.6 Å². The minimum atomic E-state index is 0.0191. The van der Waals surface area contributed by atoms with Crippen LogP contribution in [0.25, 0.3) is 0 Å². The van der Waals surface area contributed by atoms with Crippen LogP contribution in [0.1, 0.15) is 51.3 Å². The maximum absolute atomic E-state index is 5.82. The first-order valence-electron chi connectivity index (χ1n) is 6.66. The van der Waals surface area contributed by atoms with Crippen LogP contribution in [0.4, 0.5) is 5.69 Å². The third-order valence-corrected chi connectivity index (χ3v) is 3.62. The quantitative estimate of drug-likeness (QED) is 0.854. The zero-order chi connectivity index (χ0) is 12.3. The van der Waals surface area contributed by atoms with Crippen molar-refractivity contribution in [3.8, 4) is 0 Å². The zero-order valence-corrected chi connectivity index (χ0v) is 10.9. The largest absolute Gasteiger partial charge is 0.368 e. The fourth-order valence-electron chi connectivity index (χ4n) is 2.50. The summed E-state index contributed by atoms with van der Waals surface area (Å²) >= 11 is 0. The maximum Gasteiger partial charge on any atom is 0.0569 e. The van der Waals surface area contributed by atoms with Gasteiger partial charge in [-0.2, -0.15) is 0 Å². The van der Waals surface area contributed by atoms with Crippen molar-refractivity contribution >= 4 is 5.69 Å². The Hall–Kier alpha value is -1.09. The molecule has 1 aromatic rings. The minimum absolute atomic E-state index is 0.0191. The van der Waals surface area contributed by atoms with Gasteiger partial charge in [-0.05, 0) is 38.8 Å². The first-order chi connectivity index (χ1) is 8.18. The molecule has 1 aliphatic rings. The van der Waals surface area contributed by atoms with Gasteiger partial charge < -0.3 is 10.6 Å². The lowest BCUT2D eigenvalue weighted by atomic mass is 10.1. The Bertz CT molecular complexity index is 345. The molecular weight excluding hydrogens is 210 g/mol. The van der Waals surface area contributed by atoms with Crippen molar-refractivity contribution < 1.29 is 0 Å². The smallest absolute Gasteiger partial charge is 0.0569 e. The summed E-state index contributed by atoms with van der Waals surface area (Å²) in [5.74, 6) is 0. The van der Waals surface area contributed by atoms with E-state index in [0.29, 0.717) is 6.04 Å². The molecule has 2 atom stereocenters. The Morgan fingerprint density at radius 3 is 2.82 bits per heavy atom. The van der Waals surface area contributed by atoms with Crippen LogP contribution in [0.2, 0.25) is 0 Å². The summed E-state index contributed by atoms with van der Waals surface area (Å²) < 4.78 is 0. The Kier molecular flexibility index (Phi) is 4.00. The Balaban J connectivity index is 2.14. The number of hydrogen-bond donors (Lipinski definition) is 1. The molecule has 2 rings (SSSR count). The molecule has 0 radical (unpaired) electrons. The summed E-state index contributed by atoms with van der Waals surface area (Å²) in [5, 5.41) is 0. The molecular formula is C14H23N3. The van der Waals surface area contributed by atoms with Crippen molar-refractivity contribution in [1.29, 1.82) is 0 Å². The lowest BCUT2D eigenvalue weighted by Crippen LogP contribution is -2.32. The number of nitrogens with two attached hydrogens (primary N) is 1. The van der Waals surface area contributed by atoms with Crippen LogP contribution >= 0.6 is 0 Å². The molecule has 17 heavy (non-hydrogen) atoms. The molecule has 1 aliphatic heterocycles. The normalized spacial score (nSPS) is 23.2. The topological polar surface area (TPSA) is 42.1 Å². The summed E-state index contributed by atoms with van der Waals surface area (Å²) in [7, 11) is 0. The molecule has 2 N–H and O–H groups in total. The molecule has 0 aromatic carbocycles. The van der Waals surface area contributed by atoms with Crippen LogP contribution in [-0.4, -0.2) is 17.6 Å². The molecule has 3 heteroatoms. The molecule has 1 aromatic heterocycles. The molecule has 1 fully saturated rings. The van der Waals surface area contributed by atoms with Crippen LogP contribution in [0.15, 0.2) is 18.3 Å². The van der Waals surface area contributed by atoms with Crippen molar-refractivity contribution in [3.63, 3.8) is 0 Å². The first-order valence-corrected chi connectivity index (χ1v) is 6.66. The van der Waals surface area contributed by atoms with Gasteiger partial charge >= 0.3 is 0 Å². The number of rotatable bonds is 2. The fourth-order valence-corrected chi connectivity index (χ4v) is 2.50. The summed E-state index contributed by atoms with van der Waals surface area (Å²) in [5.41, 5.74) is 8.03. The predicted octanol–water partition coefficient (Wildman–Crippen LogP) is 2.87. The highest BCUT2D eigenvalue weighted by atomic mass is 15.2. The second-order valence-electron chi connectivity index (χ2n) is 5.12. The van der Waals surface area contributed by atoms with Crippen LogP contribution in [-0.2, 0) is 0 Å². The second kappa shape index (κ2) is 5.50. The molecule has 0 aliphatic carbocycles. The standard InChI is InChI=1S/C14H23N3/c1-11-6-4-3-5-9-17(11)13-7-8-14(12(2)15)16-10-13/h7-8,10-12H,3-6,9,15H2,1-2H3/t11?,12-/m1/s1. The summed E-state index contributed by atoms with van der Waals surface area (Å²) in [6.07, 6.45) is 7.25. The lowest BCUT2D eigenvalue weighted by Gasteiger charge is -2.29. The molecule has 1 saturated heterocycles.